The monoisotopic (exact) mass is 266 g/mol. The Balaban J connectivity index is 1.57. The first-order valence-electron chi connectivity index (χ1n) is 6.94. The van der Waals surface area contributed by atoms with Crippen molar-refractivity contribution in [2.24, 2.45) is 0 Å². The van der Waals surface area contributed by atoms with E-state index in [2.05, 4.69) is 36.4 Å². The van der Waals surface area contributed by atoms with Crippen molar-refractivity contribution in [1.29, 1.82) is 0 Å². The standard InChI is InChI=1S/C18H18O2/c1-19-17-10-8-14(9-11-17)4-2-7-18-12-15-5-3-6-16(15)13-20-18/h3,5-6,8-13H,2,4,7H2,1H3. The van der Waals surface area contributed by atoms with E-state index >= 15 is 0 Å². The van der Waals surface area contributed by atoms with Crippen LogP contribution in [0.3, 0.4) is 0 Å². The first-order valence-corrected chi connectivity index (χ1v) is 6.94. The van der Waals surface area contributed by atoms with Crippen LogP contribution in [0.4, 0.5) is 0 Å². The van der Waals surface area contributed by atoms with Crippen LogP contribution >= 0.6 is 0 Å². The molecule has 1 aliphatic heterocycles. The van der Waals surface area contributed by atoms with Crippen LogP contribution in [0, 0.1) is 0 Å². The average molecular weight is 266 g/mol. The van der Waals surface area contributed by atoms with Gasteiger partial charge < -0.3 is 9.15 Å². The lowest BCUT2D eigenvalue weighted by Gasteiger charge is -2.05. The van der Waals surface area contributed by atoms with Crippen molar-refractivity contribution in [1.82, 2.24) is 0 Å². The molecular formula is C18H18O2. The van der Waals surface area contributed by atoms with Gasteiger partial charge in [-0.25, -0.2) is 0 Å². The molecule has 0 N–H and O–H groups in total. The van der Waals surface area contributed by atoms with Gasteiger partial charge >= 0.3 is 0 Å². The molecule has 0 spiro atoms. The molecule has 3 rings (SSSR count). The summed E-state index contributed by atoms with van der Waals surface area (Å²) in [6, 6.07) is 16.7. The molecule has 0 unspecified atom stereocenters. The summed E-state index contributed by atoms with van der Waals surface area (Å²) in [6.07, 6.45) is 4.95. The highest BCUT2D eigenvalue weighted by Gasteiger charge is 2.05. The Morgan fingerprint density at radius 3 is 2.55 bits per heavy atom. The third-order valence-electron chi connectivity index (χ3n) is 3.59. The Morgan fingerprint density at radius 1 is 0.950 bits per heavy atom. The van der Waals surface area contributed by atoms with Crippen molar-refractivity contribution in [2.45, 2.75) is 19.3 Å². The smallest absolute Gasteiger partial charge is 0.118 e. The first kappa shape index (κ1) is 12.8. The van der Waals surface area contributed by atoms with E-state index in [1.54, 1.807) is 7.11 Å². The maximum Gasteiger partial charge on any atom is 0.118 e. The Kier molecular flexibility index (Phi) is 3.73. The zero-order valence-electron chi connectivity index (χ0n) is 11.6. The van der Waals surface area contributed by atoms with Gasteiger partial charge in [-0.05, 0) is 42.2 Å². The SMILES string of the molecule is COc1ccc(CCCc2cc3cccc-3co2)cc1. The third-order valence-corrected chi connectivity index (χ3v) is 3.59. The fourth-order valence-corrected chi connectivity index (χ4v) is 2.42. The minimum atomic E-state index is 0.908. The number of ether oxygens (including phenoxy) is 1. The Hall–Kier alpha value is -2.22. The number of fused-ring (bicyclic) bond motifs is 1. The fourth-order valence-electron chi connectivity index (χ4n) is 2.42. The fraction of sp³-hybridized carbons (Fsp3) is 0.222. The topological polar surface area (TPSA) is 22.4 Å². The number of hydrogen-bond donors (Lipinski definition) is 0. The summed E-state index contributed by atoms with van der Waals surface area (Å²) in [4.78, 5) is 0. The first-order chi connectivity index (χ1) is 9.85. The molecule has 0 amide bonds. The molecule has 0 atom stereocenters. The van der Waals surface area contributed by atoms with E-state index in [0.29, 0.717) is 0 Å². The highest BCUT2D eigenvalue weighted by atomic mass is 16.5. The zero-order valence-corrected chi connectivity index (χ0v) is 11.6. The van der Waals surface area contributed by atoms with E-state index in [0.717, 1.165) is 30.8 Å². The molecule has 0 saturated heterocycles. The molecule has 2 aliphatic rings. The molecule has 0 saturated carbocycles. The van der Waals surface area contributed by atoms with Crippen LogP contribution in [-0.2, 0) is 12.8 Å². The Labute approximate surface area is 119 Å². The van der Waals surface area contributed by atoms with E-state index in [1.807, 2.05) is 18.4 Å². The second kappa shape index (κ2) is 5.83. The van der Waals surface area contributed by atoms with Crippen LogP contribution in [0.15, 0.2) is 59.2 Å². The molecule has 20 heavy (non-hydrogen) atoms. The number of benzene rings is 1. The molecule has 0 bridgehead atoms. The van der Waals surface area contributed by atoms with Gasteiger partial charge in [-0.3, -0.25) is 0 Å². The van der Waals surface area contributed by atoms with Gasteiger partial charge in [0.25, 0.3) is 0 Å². The van der Waals surface area contributed by atoms with Crippen LogP contribution in [0.25, 0.3) is 11.1 Å². The lowest BCUT2D eigenvalue weighted by Crippen LogP contribution is -1.91. The van der Waals surface area contributed by atoms with Crippen LogP contribution in [0.2, 0.25) is 0 Å². The molecule has 1 aromatic carbocycles. The maximum absolute atomic E-state index is 5.65. The van der Waals surface area contributed by atoms with E-state index in [1.165, 1.54) is 16.7 Å². The third kappa shape index (κ3) is 2.85. The quantitative estimate of drug-likeness (QED) is 0.675. The molecule has 0 radical (unpaired) electrons. The van der Waals surface area contributed by atoms with E-state index < -0.39 is 0 Å². The van der Waals surface area contributed by atoms with Gasteiger partial charge in [0.15, 0.2) is 0 Å². The van der Waals surface area contributed by atoms with Gasteiger partial charge in [0.1, 0.15) is 11.5 Å². The predicted molar refractivity (Wildman–Crippen MR) is 80.3 cm³/mol. The van der Waals surface area contributed by atoms with Gasteiger partial charge in [0, 0.05) is 12.0 Å². The van der Waals surface area contributed by atoms with Gasteiger partial charge in [-0.1, -0.05) is 30.3 Å². The molecule has 0 aromatic heterocycles. The lowest BCUT2D eigenvalue weighted by atomic mass is 10.1. The predicted octanol–water partition coefficient (Wildman–Crippen LogP) is 4.57. The number of rotatable bonds is 5. The number of methoxy groups -OCH3 is 1. The summed E-state index contributed by atoms with van der Waals surface area (Å²) in [7, 11) is 1.69. The van der Waals surface area contributed by atoms with Crippen molar-refractivity contribution in [3.8, 4) is 16.9 Å². The van der Waals surface area contributed by atoms with Gasteiger partial charge in [0.2, 0.25) is 0 Å². The summed E-state index contributed by atoms with van der Waals surface area (Å²) in [5, 5.41) is 0. The molecular weight excluding hydrogens is 248 g/mol. The highest BCUT2D eigenvalue weighted by molar-refractivity contribution is 5.64. The van der Waals surface area contributed by atoms with Gasteiger partial charge in [-0.15, -0.1) is 0 Å². The van der Waals surface area contributed by atoms with Gasteiger partial charge in [0.05, 0.1) is 13.4 Å². The molecule has 1 heterocycles. The average Bonchev–Trinajstić information content (AvgIpc) is 2.95. The molecule has 2 heteroatoms. The molecule has 1 aromatic rings. The summed E-state index contributed by atoms with van der Waals surface area (Å²) in [5.41, 5.74) is 3.76. The van der Waals surface area contributed by atoms with Crippen LogP contribution in [0.5, 0.6) is 5.75 Å². The van der Waals surface area contributed by atoms with Crippen LogP contribution in [-0.4, -0.2) is 7.11 Å². The highest BCUT2D eigenvalue weighted by Crippen LogP contribution is 2.24. The molecule has 0 fully saturated rings. The summed E-state index contributed by atoms with van der Waals surface area (Å²) in [5.74, 6) is 1.96. The number of hydrogen-bond acceptors (Lipinski definition) is 2. The van der Waals surface area contributed by atoms with Crippen LogP contribution in [0.1, 0.15) is 17.7 Å². The summed E-state index contributed by atoms with van der Waals surface area (Å²) >= 11 is 0. The lowest BCUT2D eigenvalue weighted by molar-refractivity contribution is 0.414. The van der Waals surface area contributed by atoms with E-state index in [4.69, 9.17) is 9.15 Å². The normalized spacial score (nSPS) is 10.8. The second-order valence-electron chi connectivity index (χ2n) is 4.98. The van der Waals surface area contributed by atoms with Crippen molar-refractivity contribution in [2.75, 3.05) is 7.11 Å². The van der Waals surface area contributed by atoms with Crippen molar-refractivity contribution in [3.63, 3.8) is 0 Å². The minimum absolute atomic E-state index is 0.908. The van der Waals surface area contributed by atoms with E-state index in [-0.39, 0.29) is 0 Å². The summed E-state index contributed by atoms with van der Waals surface area (Å²) < 4.78 is 10.8. The van der Waals surface area contributed by atoms with Gasteiger partial charge in [-0.2, -0.15) is 0 Å². The largest absolute Gasteiger partial charge is 0.497 e. The van der Waals surface area contributed by atoms with E-state index in [9.17, 15) is 0 Å². The van der Waals surface area contributed by atoms with Crippen molar-refractivity contribution < 1.29 is 9.15 Å². The molecule has 2 nitrogen and oxygen atoms in total. The Bertz CT molecular complexity index is 637. The summed E-state index contributed by atoms with van der Waals surface area (Å²) in [6.45, 7) is 0. The number of aryl methyl sites for hydroxylation is 2. The minimum Gasteiger partial charge on any atom is -0.497 e. The Morgan fingerprint density at radius 2 is 1.75 bits per heavy atom. The molecule has 102 valence electrons. The van der Waals surface area contributed by atoms with Crippen molar-refractivity contribution in [3.05, 3.63) is 66.1 Å². The zero-order chi connectivity index (χ0) is 13.8. The molecule has 1 aliphatic carbocycles. The maximum atomic E-state index is 5.65. The second-order valence-corrected chi connectivity index (χ2v) is 4.98. The van der Waals surface area contributed by atoms with Crippen molar-refractivity contribution >= 4 is 0 Å². The van der Waals surface area contributed by atoms with Crippen LogP contribution < -0.4 is 4.74 Å².